The second-order valence-electron chi connectivity index (χ2n) is 2.13. The molecule has 1 rings (SSSR count). The quantitative estimate of drug-likeness (QED) is 0.816. The van der Waals surface area contributed by atoms with Gasteiger partial charge in [-0.25, -0.2) is 5.14 Å². The normalized spacial score (nSPS) is 11.8. The van der Waals surface area contributed by atoms with Gasteiger partial charge in [-0.3, -0.25) is 0 Å². The first-order valence-corrected chi connectivity index (χ1v) is 5.31. The first-order valence-electron chi connectivity index (χ1n) is 2.98. The van der Waals surface area contributed by atoms with E-state index in [9.17, 15) is 8.42 Å². The zero-order valence-electron chi connectivity index (χ0n) is 5.95. The summed E-state index contributed by atoms with van der Waals surface area (Å²) in [5, 5.41) is 4.71. The van der Waals surface area contributed by atoms with Crippen molar-refractivity contribution in [3.63, 3.8) is 0 Å². The fourth-order valence-electron chi connectivity index (χ4n) is 0.622. The summed E-state index contributed by atoms with van der Waals surface area (Å²) in [5.41, 5.74) is 0.705. The zero-order chi connectivity index (χ0) is 9.19. The predicted octanol–water partition coefficient (Wildman–Crippen LogP) is 0.335. The van der Waals surface area contributed by atoms with Crippen molar-refractivity contribution < 1.29 is 12.8 Å². The van der Waals surface area contributed by atoms with E-state index in [1.54, 1.807) is 6.07 Å². The molecule has 1 aromatic rings. The summed E-state index contributed by atoms with van der Waals surface area (Å²) < 4.78 is 28.4. The number of hydrogen-bond donors (Lipinski definition) is 2. The SMILES string of the molecule is NS(=O)(=O)NCc1coc(Br)c1. The summed E-state index contributed by atoms with van der Waals surface area (Å²) in [6, 6.07) is 1.65. The highest BCUT2D eigenvalue weighted by Crippen LogP contribution is 2.13. The van der Waals surface area contributed by atoms with E-state index in [2.05, 4.69) is 20.7 Å². The number of hydrogen-bond acceptors (Lipinski definition) is 3. The second kappa shape index (κ2) is 3.56. The van der Waals surface area contributed by atoms with Gasteiger partial charge in [-0.2, -0.15) is 13.1 Å². The summed E-state index contributed by atoms with van der Waals surface area (Å²) in [5.74, 6) is 0. The topological polar surface area (TPSA) is 85.3 Å². The Labute approximate surface area is 78.2 Å². The largest absolute Gasteiger partial charge is 0.457 e. The third kappa shape index (κ3) is 3.35. The molecule has 0 aliphatic carbocycles. The van der Waals surface area contributed by atoms with E-state index in [1.807, 2.05) is 0 Å². The Bertz CT molecular complexity index is 359. The van der Waals surface area contributed by atoms with Gasteiger partial charge < -0.3 is 4.42 Å². The minimum absolute atomic E-state index is 0.133. The summed E-state index contributed by atoms with van der Waals surface area (Å²) in [7, 11) is -3.62. The maximum Gasteiger partial charge on any atom is 0.274 e. The second-order valence-corrected chi connectivity index (χ2v) is 4.29. The van der Waals surface area contributed by atoms with Crippen LogP contribution in [0.3, 0.4) is 0 Å². The number of nitrogens with one attached hydrogen (secondary N) is 1. The monoisotopic (exact) mass is 254 g/mol. The number of nitrogens with two attached hydrogens (primary N) is 1. The molecule has 68 valence electrons. The number of rotatable bonds is 3. The van der Waals surface area contributed by atoms with Crippen molar-refractivity contribution in [1.82, 2.24) is 4.72 Å². The van der Waals surface area contributed by atoms with Crippen LogP contribution in [-0.4, -0.2) is 8.42 Å². The minimum Gasteiger partial charge on any atom is -0.457 e. The Kier molecular flexibility index (Phi) is 2.89. The first-order chi connectivity index (χ1) is 5.47. The van der Waals surface area contributed by atoms with Crippen molar-refractivity contribution in [1.29, 1.82) is 0 Å². The molecule has 5 nitrogen and oxygen atoms in total. The van der Waals surface area contributed by atoms with Crippen LogP contribution in [0.4, 0.5) is 0 Å². The molecule has 0 radical (unpaired) electrons. The Hall–Kier alpha value is -0.370. The lowest BCUT2D eigenvalue weighted by molar-refractivity contribution is 0.537. The fraction of sp³-hybridized carbons (Fsp3) is 0.200. The molecule has 1 aromatic heterocycles. The Morgan fingerprint density at radius 1 is 1.67 bits per heavy atom. The first kappa shape index (κ1) is 9.72. The van der Waals surface area contributed by atoms with Gasteiger partial charge in [0.15, 0.2) is 4.67 Å². The van der Waals surface area contributed by atoms with Crippen LogP contribution < -0.4 is 9.86 Å². The number of furan rings is 1. The van der Waals surface area contributed by atoms with E-state index in [0.717, 1.165) is 0 Å². The van der Waals surface area contributed by atoms with E-state index < -0.39 is 10.2 Å². The minimum atomic E-state index is -3.62. The third-order valence-corrected chi connectivity index (χ3v) is 2.06. The average Bonchev–Trinajstić information content (AvgIpc) is 2.30. The van der Waals surface area contributed by atoms with Gasteiger partial charge in [0.25, 0.3) is 10.2 Å². The van der Waals surface area contributed by atoms with Crippen LogP contribution in [0, 0.1) is 0 Å². The van der Waals surface area contributed by atoms with Crippen molar-refractivity contribution in [2.24, 2.45) is 5.14 Å². The van der Waals surface area contributed by atoms with Gasteiger partial charge in [0.05, 0.1) is 6.26 Å². The molecule has 12 heavy (non-hydrogen) atoms. The molecule has 0 aromatic carbocycles. The highest BCUT2D eigenvalue weighted by molar-refractivity contribution is 9.10. The molecule has 0 bridgehead atoms. The van der Waals surface area contributed by atoms with Gasteiger partial charge in [0, 0.05) is 12.1 Å². The van der Waals surface area contributed by atoms with Crippen molar-refractivity contribution >= 4 is 26.1 Å². The van der Waals surface area contributed by atoms with Crippen LogP contribution in [-0.2, 0) is 16.8 Å². The predicted molar refractivity (Wildman–Crippen MR) is 46.4 cm³/mol. The van der Waals surface area contributed by atoms with Crippen molar-refractivity contribution in [2.45, 2.75) is 6.54 Å². The highest BCUT2D eigenvalue weighted by atomic mass is 79.9. The van der Waals surface area contributed by atoms with Gasteiger partial charge in [0.2, 0.25) is 0 Å². The lowest BCUT2D eigenvalue weighted by Crippen LogP contribution is -2.29. The van der Waals surface area contributed by atoms with Crippen LogP contribution >= 0.6 is 15.9 Å². The van der Waals surface area contributed by atoms with Crippen LogP contribution in [0.15, 0.2) is 21.4 Å². The molecule has 1 heterocycles. The standard InChI is InChI=1S/C5H7BrN2O3S/c6-5-1-4(3-11-5)2-8-12(7,9)10/h1,3,8H,2H2,(H2,7,9,10). The molecule has 0 fully saturated rings. The smallest absolute Gasteiger partial charge is 0.274 e. The Morgan fingerprint density at radius 2 is 2.33 bits per heavy atom. The summed E-state index contributed by atoms with van der Waals surface area (Å²) in [6.07, 6.45) is 1.43. The van der Waals surface area contributed by atoms with Crippen LogP contribution in [0.25, 0.3) is 0 Å². The van der Waals surface area contributed by atoms with Crippen molar-refractivity contribution in [3.05, 3.63) is 22.6 Å². The molecule has 0 saturated carbocycles. The molecule has 0 spiro atoms. The molecule has 0 saturated heterocycles. The zero-order valence-corrected chi connectivity index (χ0v) is 8.35. The Balaban J connectivity index is 2.55. The lowest BCUT2D eigenvalue weighted by atomic mass is 10.4. The van der Waals surface area contributed by atoms with E-state index in [0.29, 0.717) is 10.2 Å². The van der Waals surface area contributed by atoms with Crippen molar-refractivity contribution in [2.75, 3.05) is 0 Å². The highest BCUT2D eigenvalue weighted by Gasteiger charge is 2.03. The van der Waals surface area contributed by atoms with Crippen LogP contribution in [0.2, 0.25) is 0 Å². The van der Waals surface area contributed by atoms with E-state index in [4.69, 9.17) is 9.56 Å². The molecular weight excluding hydrogens is 248 g/mol. The Morgan fingerprint density at radius 3 is 2.75 bits per heavy atom. The number of halogens is 1. The molecule has 0 aliphatic heterocycles. The molecule has 0 unspecified atom stereocenters. The van der Waals surface area contributed by atoms with E-state index >= 15 is 0 Å². The van der Waals surface area contributed by atoms with Gasteiger partial charge in [-0.1, -0.05) is 0 Å². The molecule has 3 N–H and O–H groups in total. The molecular formula is C5H7BrN2O3S. The van der Waals surface area contributed by atoms with E-state index in [1.165, 1.54) is 6.26 Å². The summed E-state index contributed by atoms with van der Waals surface area (Å²) >= 11 is 3.08. The molecule has 0 aliphatic rings. The maximum absolute atomic E-state index is 10.4. The van der Waals surface area contributed by atoms with Gasteiger partial charge in [-0.05, 0) is 22.0 Å². The van der Waals surface area contributed by atoms with Gasteiger partial charge >= 0.3 is 0 Å². The maximum atomic E-state index is 10.4. The van der Waals surface area contributed by atoms with Crippen molar-refractivity contribution in [3.8, 4) is 0 Å². The van der Waals surface area contributed by atoms with Crippen LogP contribution in [0.5, 0.6) is 0 Å². The van der Waals surface area contributed by atoms with Gasteiger partial charge in [0.1, 0.15) is 0 Å². The summed E-state index contributed by atoms with van der Waals surface area (Å²) in [4.78, 5) is 0. The molecule has 7 heteroatoms. The lowest BCUT2D eigenvalue weighted by Gasteiger charge is -1.96. The average molecular weight is 255 g/mol. The van der Waals surface area contributed by atoms with Gasteiger partial charge in [-0.15, -0.1) is 0 Å². The van der Waals surface area contributed by atoms with Crippen LogP contribution in [0.1, 0.15) is 5.56 Å². The summed E-state index contributed by atoms with van der Waals surface area (Å²) in [6.45, 7) is 0.133. The third-order valence-electron chi connectivity index (χ3n) is 1.10. The van der Waals surface area contributed by atoms with E-state index in [-0.39, 0.29) is 6.54 Å². The molecule has 0 atom stereocenters. The fourth-order valence-corrected chi connectivity index (χ4v) is 1.38. The molecule has 0 amide bonds.